The Kier molecular flexibility index (Phi) is 3.47. The maximum absolute atomic E-state index is 13.2. The maximum atomic E-state index is 13.2. The van der Waals surface area contributed by atoms with Crippen LogP contribution in [0.5, 0.6) is 5.75 Å². The number of halogens is 2. The summed E-state index contributed by atoms with van der Waals surface area (Å²) in [6.45, 7) is -0.512. The number of rotatable bonds is 3. The van der Waals surface area contributed by atoms with Crippen molar-refractivity contribution >= 4 is 0 Å². The van der Waals surface area contributed by atoms with Gasteiger partial charge in [-0.3, -0.25) is 0 Å². The summed E-state index contributed by atoms with van der Waals surface area (Å²) in [5.41, 5.74) is 0.854. The van der Waals surface area contributed by atoms with Crippen LogP contribution in [0.25, 0.3) is 11.3 Å². The Hall–Kier alpha value is -2.08. The van der Waals surface area contributed by atoms with Crippen molar-refractivity contribution in [2.24, 2.45) is 0 Å². The van der Waals surface area contributed by atoms with Crippen LogP contribution in [0.1, 0.15) is 5.69 Å². The van der Waals surface area contributed by atoms with E-state index in [1.807, 2.05) is 0 Å². The van der Waals surface area contributed by atoms with Gasteiger partial charge in [-0.25, -0.2) is 23.9 Å². The van der Waals surface area contributed by atoms with Gasteiger partial charge in [-0.15, -0.1) is 0 Å². The van der Waals surface area contributed by atoms with Crippen molar-refractivity contribution in [2.45, 2.75) is 6.61 Å². The molecule has 6 heteroatoms. The number of nitrogens with zero attached hydrogens (tertiary/aromatic N) is 2. The zero-order chi connectivity index (χ0) is 13.1. The molecule has 0 bridgehead atoms. The van der Waals surface area contributed by atoms with E-state index < -0.39 is 18.2 Å². The quantitative estimate of drug-likeness (QED) is 0.841. The molecule has 0 amide bonds. The van der Waals surface area contributed by atoms with Crippen LogP contribution in [-0.2, 0) is 11.7 Å². The first-order valence-corrected chi connectivity index (χ1v) is 5.08. The van der Waals surface area contributed by atoms with Gasteiger partial charge in [0.25, 0.3) is 0 Å². The molecule has 93 valence electrons. The molecule has 0 saturated carbocycles. The molecule has 0 spiro atoms. The Bertz CT molecular complexity index is 576. The SMILES string of the molecule is COc1cc(F)c(F)cc1-c1cc(C[O])ncn1. The summed E-state index contributed by atoms with van der Waals surface area (Å²) in [6, 6.07) is 3.33. The molecular formula is C12H9F2N2O2. The van der Waals surface area contributed by atoms with Crippen molar-refractivity contribution in [3.05, 3.63) is 41.9 Å². The molecular weight excluding hydrogens is 242 g/mol. The molecule has 0 aliphatic heterocycles. The van der Waals surface area contributed by atoms with Crippen molar-refractivity contribution in [1.82, 2.24) is 9.97 Å². The number of aromatic nitrogens is 2. The van der Waals surface area contributed by atoms with E-state index in [1.165, 1.54) is 19.5 Å². The van der Waals surface area contributed by atoms with Crippen molar-refractivity contribution < 1.29 is 18.6 Å². The standard InChI is InChI=1S/C12H9F2N2O2/c1-18-12-4-10(14)9(13)3-8(12)11-2-7(5-17)15-6-16-11/h2-4,6H,5H2,1H3. The lowest BCUT2D eigenvalue weighted by Gasteiger charge is -2.09. The Morgan fingerprint density at radius 3 is 2.56 bits per heavy atom. The molecule has 2 rings (SSSR count). The number of hydrogen-bond donors (Lipinski definition) is 0. The maximum Gasteiger partial charge on any atom is 0.162 e. The number of methoxy groups -OCH3 is 1. The highest BCUT2D eigenvalue weighted by Gasteiger charge is 2.13. The molecule has 0 fully saturated rings. The smallest absolute Gasteiger partial charge is 0.162 e. The zero-order valence-electron chi connectivity index (χ0n) is 9.48. The molecule has 18 heavy (non-hydrogen) atoms. The fourth-order valence-electron chi connectivity index (χ4n) is 1.52. The summed E-state index contributed by atoms with van der Waals surface area (Å²) < 4.78 is 31.3. The molecule has 0 unspecified atom stereocenters. The monoisotopic (exact) mass is 251 g/mol. The highest BCUT2D eigenvalue weighted by Crippen LogP contribution is 2.30. The summed E-state index contributed by atoms with van der Waals surface area (Å²) >= 11 is 0. The average Bonchev–Trinajstić information content (AvgIpc) is 2.41. The Balaban J connectivity index is 2.58. The fourth-order valence-corrected chi connectivity index (χ4v) is 1.52. The second-order valence-electron chi connectivity index (χ2n) is 3.51. The first-order chi connectivity index (χ1) is 8.65. The van der Waals surface area contributed by atoms with Gasteiger partial charge in [0.15, 0.2) is 11.6 Å². The number of benzene rings is 1. The highest BCUT2D eigenvalue weighted by molar-refractivity contribution is 5.67. The minimum Gasteiger partial charge on any atom is -0.496 e. The third-order valence-corrected chi connectivity index (χ3v) is 2.39. The summed E-state index contributed by atoms with van der Waals surface area (Å²) in [5, 5.41) is 10.7. The lowest BCUT2D eigenvalue weighted by molar-refractivity contribution is 0.174. The van der Waals surface area contributed by atoms with Gasteiger partial charge in [-0.2, -0.15) is 0 Å². The van der Waals surface area contributed by atoms with Crippen molar-refractivity contribution in [1.29, 1.82) is 0 Å². The predicted octanol–water partition coefficient (Wildman–Crippen LogP) is 2.36. The van der Waals surface area contributed by atoms with Gasteiger partial charge in [-0.1, -0.05) is 0 Å². The van der Waals surface area contributed by atoms with Crippen LogP contribution in [0.15, 0.2) is 24.5 Å². The summed E-state index contributed by atoms with van der Waals surface area (Å²) in [7, 11) is 1.34. The lowest BCUT2D eigenvalue weighted by Crippen LogP contribution is -1.96. The van der Waals surface area contributed by atoms with E-state index >= 15 is 0 Å². The van der Waals surface area contributed by atoms with Crippen LogP contribution in [0, 0.1) is 11.6 Å². The summed E-state index contributed by atoms with van der Waals surface area (Å²) in [4.78, 5) is 7.66. The molecule has 0 saturated heterocycles. The lowest BCUT2D eigenvalue weighted by atomic mass is 10.1. The largest absolute Gasteiger partial charge is 0.496 e. The third-order valence-electron chi connectivity index (χ3n) is 2.39. The van der Waals surface area contributed by atoms with Crippen molar-refractivity contribution in [2.75, 3.05) is 7.11 Å². The zero-order valence-corrected chi connectivity index (χ0v) is 9.48. The molecule has 1 aromatic carbocycles. The van der Waals surface area contributed by atoms with Gasteiger partial charge in [0, 0.05) is 11.6 Å². The summed E-state index contributed by atoms with van der Waals surface area (Å²) in [5.74, 6) is -1.87. The first kappa shape index (κ1) is 12.4. The van der Waals surface area contributed by atoms with Gasteiger partial charge in [0.1, 0.15) is 18.7 Å². The van der Waals surface area contributed by atoms with Gasteiger partial charge in [-0.05, 0) is 12.1 Å². The van der Waals surface area contributed by atoms with E-state index in [0.29, 0.717) is 5.69 Å². The van der Waals surface area contributed by atoms with Crippen LogP contribution >= 0.6 is 0 Å². The van der Waals surface area contributed by atoms with E-state index in [0.717, 1.165) is 12.1 Å². The van der Waals surface area contributed by atoms with Gasteiger partial charge < -0.3 is 4.74 Å². The van der Waals surface area contributed by atoms with Crippen LogP contribution in [0.2, 0.25) is 0 Å². The van der Waals surface area contributed by atoms with Crippen molar-refractivity contribution in [3.8, 4) is 17.0 Å². The highest BCUT2D eigenvalue weighted by atomic mass is 19.2. The Morgan fingerprint density at radius 1 is 1.17 bits per heavy atom. The predicted molar refractivity (Wildman–Crippen MR) is 58.3 cm³/mol. The van der Waals surface area contributed by atoms with Gasteiger partial charge in [0.05, 0.1) is 18.5 Å². The Morgan fingerprint density at radius 2 is 1.89 bits per heavy atom. The van der Waals surface area contributed by atoms with E-state index in [2.05, 4.69) is 9.97 Å². The first-order valence-electron chi connectivity index (χ1n) is 5.08. The van der Waals surface area contributed by atoms with E-state index in [-0.39, 0.29) is 17.0 Å². The molecule has 0 aliphatic carbocycles. The van der Waals surface area contributed by atoms with Crippen LogP contribution in [-0.4, -0.2) is 17.1 Å². The molecule has 1 aromatic heterocycles. The number of ether oxygens (including phenoxy) is 1. The van der Waals surface area contributed by atoms with E-state index in [4.69, 9.17) is 4.74 Å². The molecule has 4 nitrogen and oxygen atoms in total. The molecule has 0 N–H and O–H groups in total. The third kappa shape index (κ3) is 2.28. The minimum absolute atomic E-state index is 0.143. The second kappa shape index (κ2) is 5.05. The Labute approximate surface area is 102 Å². The minimum atomic E-state index is -1.01. The fraction of sp³-hybridized carbons (Fsp3) is 0.167. The van der Waals surface area contributed by atoms with Crippen LogP contribution in [0.4, 0.5) is 8.78 Å². The second-order valence-corrected chi connectivity index (χ2v) is 3.51. The van der Waals surface area contributed by atoms with Gasteiger partial charge in [0.2, 0.25) is 0 Å². The van der Waals surface area contributed by atoms with Crippen LogP contribution < -0.4 is 4.74 Å². The van der Waals surface area contributed by atoms with E-state index in [9.17, 15) is 13.9 Å². The van der Waals surface area contributed by atoms with Gasteiger partial charge >= 0.3 is 0 Å². The van der Waals surface area contributed by atoms with E-state index in [1.54, 1.807) is 0 Å². The molecule has 1 heterocycles. The molecule has 1 radical (unpaired) electrons. The average molecular weight is 251 g/mol. The molecule has 0 atom stereocenters. The molecule has 2 aromatic rings. The van der Waals surface area contributed by atoms with Crippen LogP contribution in [0.3, 0.4) is 0 Å². The topological polar surface area (TPSA) is 54.9 Å². The summed E-state index contributed by atoms with van der Waals surface area (Å²) in [6.07, 6.45) is 1.20. The molecule has 0 aliphatic rings. The van der Waals surface area contributed by atoms with Crippen molar-refractivity contribution in [3.63, 3.8) is 0 Å². The number of hydrogen-bond acceptors (Lipinski definition) is 3. The normalized spacial score (nSPS) is 10.4.